The lowest BCUT2D eigenvalue weighted by molar-refractivity contribution is -0.126. The Bertz CT molecular complexity index is 265. The minimum atomic E-state index is -0.286. The molecule has 2 heteroatoms. The van der Waals surface area contributed by atoms with Crippen LogP contribution in [0.25, 0.3) is 0 Å². The average molecular weight is 194 g/mol. The quantitative estimate of drug-likeness (QED) is 0.555. The molecule has 0 unspecified atom stereocenters. The molecule has 0 bridgehead atoms. The summed E-state index contributed by atoms with van der Waals surface area (Å²) in [6, 6.07) is 0. The second-order valence-electron chi connectivity index (χ2n) is 5.11. The Morgan fingerprint density at radius 3 is 2.36 bits per heavy atom. The zero-order valence-corrected chi connectivity index (χ0v) is 8.68. The predicted octanol–water partition coefficient (Wildman–Crippen LogP) is 2.60. The minimum Gasteiger partial charge on any atom is -0.354 e. The fourth-order valence-electron chi connectivity index (χ4n) is 3.53. The Labute approximate surface area is 85.0 Å². The third-order valence-corrected chi connectivity index (χ3v) is 4.36. The minimum absolute atomic E-state index is 0.0166. The molecule has 2 spiro atoms. The van der Waals surface area contributed by atoms with Gasteiger partial charge < -0.3 is 4.74 Å². The van der Waals surface area contributed by atoms with E-state index in [1.807, 2.05) is 0 Å². The van der Waals surface area contributed by atoms with E-state index < -0.39 is 0 Å². The SMILES string of the molecule is O=C1CCCC[C@]12OC21CCCCC1. The number of Topliss-reactive ketones (excluding diaryl/α,β-unsaturated/α-hetero) is 1. The molecule has 0 radical (unpaired) electrons. The number of epoxide rings is 1. The Hall–Kier alpha value is -0.370. The van der Waals surface area contributed by atoms with E-state index in [2.05, 4.69) is 0 Å². The van der Waals surface area contributed by atoms with Gasteiger partial charge in [-0.2, -0.15) is 0 Å². The molecular weight excluding hydrogens is 176 g/mol. The van der Waals surface area contributed by atoms with E-state index in [1.165, 1.54) is 25.7 Å². The van der Waals surface area contributed by atoms with Gasteiger partial charge in [-0.1, -0.05) is 19.3 Å². The maximum atomic E-state index is 11.9. The van der Waals surface area contributed by atoms with Crippen molar-refractivity contribution in [3.05, 3.63) is 0 Å². The Balaban J connectivity index is 1.82. The Morgan fingerprint density at radius 2 is 1.64 bits per heavy atom. The van der Waals surface area contributed by atoms with Crippen molar-refractivity contribution in [2.45, 2.75) is 69.0 Å². The molecule has 0 aromatic rings. The van der Waals surface area contributed by atoms with Crippen LogP contribution in [0, 0.1) is 0 Å². The number of rotatable bonds is 0. The summed E-state index contributed by atoms with van der Waals surface area (Å²) in [6.07, 6.45) is 10.2. The van der Waals surface area contributed by atoms with Crippen LogP contribution in [0.4, 0.5) is 0 Å². The highest BCUT2D eigenvalue weighted by Gasteiger charge is 2.72. The number of hydrogen-bond acceptors (Lipinski definition) is 2. The third-order valence-electron chi connectivity index (χ3n) is 4.36. The van der Waals surface area contributed by atoms with Gasteiger partial charge in [-0.15, -0.1) is 0 Å². The summed E-state index contributed by atoms with van der Waals surface area (Å²) in [5.74, 6) is 0.408. The average Bonchev–Trinajstić information content (AvgIpc) is 2.81. The van der Waals surface area contributed by atoms with Gasteiger partial charge in [0.2, 0.25) is 0 Å². The van der Waals surface area contributed by atoms with Crippen LogP contribution >= 0.6 is 0 Å². The second-order valence-corrected chi connectivity index (χ2v) is 5.11. The van der Waals surface area contributed by atoms with Crippen LogP contribution in [0.1, 0.15) is 57.8 Å². The first-order valence-corrected chi connectivity index (χ1v) is 6.03. The van der Waals surface area contributed by atoms with Crippen molar-refractivity contribution in [1.29, 1.82) is 0 Å². The summed E-state index contributed by atoms with van der Waals surface area (Å²) >= 11 is 0. The highest BCUT2D eigenvalue weighted by atomic mass is 16.6. The van der Waals surface area contributed by atoms with Crippen molar-refractivity contribution < 1.29 is 9.53 Å². The van der Waals surface area contributed by atoms with E-state index in [4.69, 9.17) is 4.74 Å². The van der Waals surface area contributed by atoms with E-state index in [0.29, 0.717) is 5.78 Å². The lowest BCUT2D eigenvalue weighted by Crippen LogP contribution is -2.37. The molecule has 1 heterocycles. The van der Waals surface area contributed by atoms with Crippen LogP contribution in [-0.4, -0.2) is 17.0 Å². The smallest absolute Gasteiger partial charge is 0.167 e. The highest BCUT2D eigenvalue weighted by molar-refractivity contribution is 5.92. The molecule has 2 aliphatic carbocycles. The van der Waals surface area contributed by atoms with Gasteiger partial charge in [0.05, 0.1) is 0 Å². The first-order valence-electron chi connectivity index (χ1n) is 6.03. The van der Waals surface area contributed by atoms with Crippen molar-refractivity contribution in [1.82, 2.24) is 0 Å². The molecule has 14 heavy (non-hydrogen) atoms. The van der Waals surface area contributed by atoms with Crippen LogP contribution in [0.15, 0.2) is 0 Å². The summed E-state index contributed by atoms with van der Waals surface area (Å²) < 4.78 is 5.94. The Kier molecular flexibility index (Phi) is 1.79. The molecule has 0 aromatic heterocycles. The lowest BCUT2D eigenvalue weighted by atomic mass is 9.73. The van der Waals surface area contributed by atoms with E-state index in [1.54, 1.807) is 0 Å². The van der Waals surface area contributed by atoms with Gasteiger partial charge in [-0.05, 0) is 32.1 Å². The number of fused-ring (bicyclic) bond motifs is 1. The number of carbonyl (C=O) groups is 1. The summed E-state index contributed by atoms with van der Waals surface area (Å²) in [5, 5.41) is 0. The predicted molar refractivity (Wildman–Crippen MR) is 53.1 cm³/mol. The maximum absolute atomic E-state index is 11.9. The van der Waals surface area contributed by atoms with Crippen LogP contribution in [0.2, 0.25) is 0 Å². The van der Waals surface area contributed by atoms with E-state index in [-0.39, 0.29) is 11.2 Å². The Morgan fingerprint density at radius 1 is 0.929 bits per heavy atom. The summed E-state index contributed by atoms with van der Waals surface area (Å²) in [5.41, 5.74) is -0.269. The molecule has 0 N–H and O–H groups in total. The summed E-state index contributed by atoms with van der Waals surface area (Å²) in [4.78, 5) is 11.9. The normalized spacial score (nSPS) is 40.4. The molecule has 2 nitrogen and oxygen atoms in total. The molecule has 0 aromatic carbocycles. The van der Waals surface area contributed by atoms with Gasteiger partial charge in [-0.3, -0.25) is 4.79 Å². The van der Waals surface area contributed by atoms with Gasteiger partial charge in [0.15, 0.2) is 11.4 Å². The zero-order chi connectivity index (χ0) is 9.65. The van der Waals surface area contributed by atoms with Crippen molar-refractivity contribution >= 4 is 5.78 Å². The number of hydrogen-bond donors (Lipinski definition) is 0. The number of ketones is 1. The molecule has 3 aliphatic rings. The molecular formula is C12H18O2. The molecule has 2 saturated carbocycles. The van der Waals surface area contributed by atoms with Gasteiger partial charge in [-0.25, -0.2) is 0 Å². The monoisotopic (exact) mass is 194 g/mol. The number of carbonyl (C=O) groups excluding carboxylic acids is 1. The molecule has 3 rings (SSSR count). The van der Waals surface area contributed by atoms with Crippen molar-refractivity contribution in [2.75, 3.05) is 0 Å². The first-order chi connectivity index (χ1) is 6.79. The van der Waals surface area contributed by atoms with E-state index >= 15 is 0 Å². The third kappa shape index (κ3) is 0.979. The molecule has 1 atom stereocenters. The van der Waals surface area contributed by atoms with Crippen LogP contribution < -0.4 is 0 Å². The summed E-state index contributed by atoms with van der Waals surface area (Å²) in [7, 11) is 0. The molecule has 0 amide bonds. The topological polar surface area (TPSA) is 29.6 Å². The van der Waals surface area contributed by atoms with Gasteiger partial charge in [0, 0.05) is 6.42 Å². The molecule has 3 fully saturated rings. The standard InChI is InChI=1S/C12H18O2/c13-10-6-2-5-9-12(10)11(14-12)7-3-1-4-8-11/h1-9H2/t12-/m0/s1. The van der Waals surface area contributed by atoms with Gasteiger partial charge >= 0.3 is 0 Å². The van der Waals surface area contributed by atoms with E-state index in [9.17, 15) is 4.79 Å². The van der Waals surface area contributed by atoms with Crippen LogP contribution in [0.5, 0.6) is 0 Å². The fraction of sp³-hybridized carbons (Fsp3) is 0.917. The number of ether oxygens (including phenoxy) is 1. The van der Waals surface area contributed by atoms with Crippen molar-refractivity contribution in [3.63, 3.8) is 0 Å². The first kappa shape index (κ1) is 8.90. The van der Waals surface area contributed by atoms with Crippen molar-refractivity contribution in [2.24, 2.45) is 0 Å². The lowest BCUT2D eigenvalue weighted by Gasteiger charge is -2.25. The van der Waals surface area contributed by atoms with E-state index in [0.717, 1.165) is 32.1 Å². The fourth-order valence-corrected chi connectivity index (χ4v) is 3.53. The van der Waals surface area contributed by atoms with Gasteiger partial charge in [0.25, 0.3) is 0 Å². The maximum Gasteiger partial charge on any atom is 0.167 e. The van der Waals surface area contributed by atoms with Crippen LogP contribution in [-0.2, 0) is 9.53 Å². The second kappa shape index (κ2) is 2.82. The van der Waals surface area contributed by atoms with Crippen molar-refractivity contribution in [3.8, 4) is 0 Å². The molecule has 1 aliphatic heterocycles. The van der Waals surface area contributed by atoms with Crippen LogP contribution in [0.3, 0.4) is 0 Å². The highest BCUT2D eigenvalue weighted by Crippen LogP contribution is 2.61. The largest absolute Gasteiger partial charge is 0.354 e. The summed E-state index contributed by atoms with van der Waals surface area (Å²) in [6.45, 7) is 0. The molecule has 1 saturated heterocycles. The molecule has 78 valence electrons. The zero-order valence-electron chi connectivity index (χ0n) is 8.68. The van der Waals surface area contributed by atoms with Gasteiger partial charge in [0.1, 0.15) is 5.60 Å².